The van der Waals surface area contributed by atoms with Crippen LogP contribution in [0.2, 0.25) is 0 Å². The van der Waals surface area contributed by atoms with E-state index in [2.05, 4.69) is 9.97 Å². The maximum Gasteiger partial charge on any atom is 0.453 e. The van der Waals surface area contributed by atoms with E-state index in [1.165, 1.54) is 0 Å². The zero-order valence-corrected chi connectivity index (χ0v) is 15.2. The number of aromatic amines is 1. The van der Waals surface area contributed by atoms with Gasteiger partial charge in [0.1, 0.15) is 0 Å². The quantitative estimate of drug-likeness (QED) is 0.546. The standard InChI is InChI=1S/C19H15F5N2OS/c20-18(21,19(22,23)24)11-12-28(27)17-25-15(13-7-3-1-4-8-13)16(26-17)14-9-5-2-6-10-14/h1-10H,11-12H2,(H,25,26). The third-order valence-corrected chi connectivity index (χ3v) is 5.22. The topological polar surface area (TPSA) is 45.8 Å². The van der Waals surface area contributed by atoms with Crippen LogP contribution in [0.3, 0.4) is 0 Å². The number of halogens is 5. The average Bonchev–Trinajstić information content (AvgIpc) is 3.12. The van der Waals surface area contributed by atoms with E-state index in [0.717, 1.165) is 5.56 Å². The molecule has 2 aromatic carbocycles. The molecule has 1 N–H and O–H groups in total. The molecular formula is C19H15F5N2OS. The highest BCUT2D eigenvalue weighted by Gasteiger charge is 2.56. The van der Waals surface area contributed by atoms with Crippen molar-refractivity contribution < 1.29 is 26.2 Å². The summed E-state index contributed by atoms with van der Waals surface area (Å²) in [7, 11) is -2.15. The van der Waals surface area contributed by atoms with Gasteiger partial charge in [0.2, 0.25) is 0 Å². The van der Waals surface area contributed by atoms with Gasteiger partial charge in [-0.25, -0.2) is 4.98 Å². The van der Waals surface area contributed by atoms with Gasteiger partial charge in [0.25, 0.3) is 0 Å². The maximum absolute atomic E-state index is 13.1. The van der Waals surface area contributed by atoms with Gasteiger partial charge in [-0.3, -0.25) is 4.21 Å². The minimum atomic E-state index is -5.68. The first-order valence-electron chi connectivity index (χ1n) is 8.23. The Morgan fingerprint density at radius 3 is 1.93 bits per heavy atom. The number of nitrogens with zero attached hydrogens (tertiary/aromatic N) is 1. The van der Waals surface area contributed by atoms with E-state index in [4.69, 9.17) is 0 Å². The minimum Gasteiger partial charge on any atom is -0.330 e. The Hall–Kier alpha value is -2.55. The van der Waals surface area contributed by atoms with Crippen molar-refractivity contribution in [3.63, 3.8) is 0 Å². The van der Waals surface area contributed by atoms with Crippen molar-refractivity contribution in [1.82, 2.24) is 9.97 Å². The summed E-state index contributed by atoms with van der Waals surface area (Å²) < 4.78 is 75.6. The number of hydrogen-bond donors (Lipinski definition) is 1. The van der Waals surface area contributed by atoms with Crippen molar-refractivity contribution >= 4 is 10.8 Å². The Kier molecular flexibility index (Phi) is 5.64. The molecule has 0 spiro atoms. The summed E-state index contributed by atoms with van der Waals surface area (Å²) in [5.41, 5.74) is 2.37. The molecule has 3 rings (SSSR count). The lowest BCUT2D eigenvalue weighted by molar-refractivity contribution is -0.282. The van der Waals surface area contributed by atoms with Gasteiger partial charge in [-0.1, -0.05) is 60.7 Å². The fourth-order valence-electron chi connectivity index (χ4n) is 2.54. The molecule has 9 heteroatoms. The van der Waals surface area contributed by atoms with E-state index in [0.29, 0.717) is 17.0 Å². The number of nitrogens with one attached hydrogen (secondary N) is 1. The van der Waals surface area contributed by atoms with Crippen LogP contribution < -0.4 is 0 Å². The molecule has 3 nitrogen and oxygen atoms in total. The van der Waals surface area contributed by atoms with Crippen LogP contribution >= 0.6 is 0 Å². The fourth-order valence-corrected chi connectivity index (χ4v) is 3.58. The summed E-state index contributed by atoms with van der Waals surface area (Å²) >= 11 is 0. The molecule has 0 radical (unpaired) electrons. The SMILES string of the molecule is O=S(CCC(F)(F)C(F)(F)F)c1nc(-c2ccccc2)c(-c2ccccc2)[nH]1. The molecule has 0 aliphatic heterocycles. The van der Waals surface area contributed by atoms with Crippen LogP contribution in [0.1, 0.15) is 6.42 Å². The molecule has 28 heavy (non-hydrogen) atoms. The van der Waals surface area contributed by atoms with Gasteiger partial charge in [-0.15, -0.1) is 0 Å². The fraction of sp³-hybridized carbons (Fsp3) is 0.211. The number of imidazole rings is 1. The Labute approximate surface area is 160 Å². The zero-order valence-electron chi connectivity index (χ0n) is 14.3. The molecular weight excluding hydrogens is 399 g/mol. The predicted molar refractivity (Wildman–Crippen MR) is 96.4 cm³/mol. The van der Waals surface area contributed by atoms with Crippen molar-refractivity contribution in [1.29, 1.82) is 0 Å². The highest BCUT2D eigenvalue weighted by Crippen LogP contribution is 2.38. The van der Waals surface area contributed by atoms with E-state index in [1.807, 2.05) is 0 Å². The van der Waals surface area contributed by atoms with E-state index in [9.17, 15) is 26.2 Å². The molecule has 0 aliphatic rings. The van der Waals surface area contributed by atoms with Crippen molar-refractivity contribution in [3.05, 3.63) is 60.7 Å². The molecule has 0 saturated heterocycles. The van der Waals surface area contributed by atoms with E-state index >= 15 is 0 Å². The second-order valence-corrected chi connectivity index (χ2v) is 7.49. The average molecular weight is 414 g/mol. The van der Waals surface area contributed by atoms with Gasteiger partial charge >= 0.3 is 12.1 Å². The zero-order chi connectivity index (χ0) is 20.4. The summed E-state index contributed by atoms with van der Waals surface area (Å²) in [4.78, 5) is 7.07. The molecule has 0 saturated carbocycles. The number of aromatic nitrogens is 2. The van der Waals surface area contributed by atoms with Crippen LogP contribution in [-0.2, 0) is 10.8 Å². The monoisotopic (exact) mass is 414 g/mol. The van der Waals surface area contributed by atoms with Gasteiger partial charge in [0.15, 0.2) is 5.16 Å². The summed E-state index contributed by atoms with van der Waals surface area (Å²) in [6, 6.07) is 17.8. The first-order valence-corrected chi connectivity index (χ1v) is 9.55. The van der Waals surface area contributed by atoms with E-state index < -0.39 is 35.1 Å². The molecule has 1 unspecified atom stereocenters. The van der Waals surface area contributed by atoms with Crippen molar-refractivity contribution in [2.75, 3.05) is 5.75 Å². The molecule has 3 aromatic rings. The number of rotatable bonds is 6. The summed E-state index contributed by atoms with van der Waals surface area (Å²) in [6.45, 7) is 0. The Balaban J connectivity index is 1.93. The maximum atomic E-state index is 13.1. The third-order valence-electron chi connectivity index (χ3n) is 4.02. The number of benzene rings is 2. The molecule has 1 heterocycles. The number of H-pyrrole nitrogens is 1. The highest BCUT2D eigenvalue weighted by atomic mass is 32.2. The normalized spacial score (nSPS) is 13.5. The molecule has 0 amide bonds. The summed E-state index contributed by atoms with van der Waals surface area (Å²) in [6.07, 6.45) is -7.25. The molecule has 0 bridgehead atoms. The minimum absolute atomic E-state index is 0.143. The van der Waals surface area contributed by atoms with Gasteiger partial charge < -0.3 is 4.98 Å². The first kappa shape index (κ1) is 20.2. The summed E-state index contributed by atoms with van der Waals surface area (Å²) in [5.74, 6) is -5.78. The van der Waals surface area contributed by atoms with Crippen LogP contribution in [0, 0.1) is 0 Å². The van der Waals surface area contributed by atoms with Gasteiger partial charge in [-0.2, -0.15) is 22.0 Å². The lowest BCUT2D eigenvalue weighted by Crippen LogP contribution is -2.37. The molecule has 1 atom stereocenters. The van der Waals surface area contributed by atoms with Gasteiger partial charge in [0.05, 0.1) is 22.2 Å². The van der Waals surface area contributed by atoms with Crippen LogP contribution in [0.4, 0.5) is 22.0 Å². The van der Waals surface area contributed by atoms with Crippen molar-refractivity contribution in [2.45, 2.75) is 23.7 Å². The number of hydrogen-bond acceptors (Lipinski definition) is 2. The predicted octanol–water partition coefficient (Wildman–Crippen LogP) is 5.44. The first-order chi connectivity index (χ1) is 13.2. The Morgan fingerprint density at radius 1 is 0.857 bits per heavy atom. The second kappa shape index (κ2) is 7.83. The van der Waals surface area contributed by atoms with Crippen molar-refractivity contribution in [2.24, 2.45) is 0 Å². The summed E-state index contributed by atoms with van der Waals surface area (Å²) in [5, 5.41) is -0.143. The molecule has 148 valence electrons. The largest absolute Gasteiger partial charge is 0.453 e. The van der Waals surface area contributed by atoms with E-state index in [-0.39, 0.29) is 5.16 Å². The Morgan fingerprint density at radius 2 is 1.39 bits per heavy atom. The smallest absolute Gasteiger partial charge is 0.330 e. The van der Waals surface area contributed by atoms with Crippen LogP contribution in [-0.4, -0.2) is 32.0 Å². The van der Waals surface area contributed by atoms with Crippen molar-refractivity contribution in [3.8, 4) is 22.5 Å². The lowest BCUT2D eigenvalue weighted by Gasteiger charge is -2.18. The molecule has 0 fully saturated rings. The number of alkyl halides is 5. The van der Waals surface area contributed by atoms with Crippen LogP contribution in [0.5, 0.6) is 0 Å². The van der Waals surface area contributed by atoms with Crippen LogP contribution in [0.15, 0.2) is 65.8 Å². The van der Waals surface area contributed by atoms with Crippen LogP contribution in [0.25, 0.3) is 22.5 Å². The Bertz CT molecular complexity index is 898. The van der Waals surface area contributed by atoms with Gasteiger partial charge in [0, 0.05) is 23.3 Å². The lowest BCUT2D eigenvalue weighted by atomic mass is 10.1. The molecule has 1 aromatic heterocycles. The van der Waals surface area contributed by atoms with Gasteiger partial charge in [-0.05, 0) is 0 Å². The molecule has 0 aliphatic carbocycles. The highest BCUT2D eigenvalue weighted by molar-refractivity contribution is 7.84. The third kappa shape index (κ3) is 4.30. The van der Waals surface area contributed by atoms with E-state index in [1.54, 1.807) is 60.7 Å². The second-order valence-electron chi connectivity index (χ2n) is 6.00.